The van der Waals surface area contributed by atoms with E-state index < -0.39 is 18.0 Å². The zero-order valence-electron chi connectivity index (χ0n) is 13.3. The number of carbonyl (C=O) groups is 2. The molecule has 0 aliphatic rings. The minimum absolute atomic E-state index is 0.00587. The average Bonchev–Trinajstić information content (AvgIpc) is 2.43. The first-order valence-electron chi connectivity index (χ1n) is 6.93. The summed E-state index contributed by atoms with van der Waals surface area (Å²) in [5.74, 6) is -0.895. The van der Waals surface area contributed by atoms with E-state index in [1.807, 2.05) is 6.92 Å². The number of nitrogens with zero attached hydrogens (tertiary/aromatic N) is 1. The van der Waals surface area contributed by atoms with Crippen molar-refractivity contribution in [2.75, 3.05) is 7.11 Å². The number of aromatic nitrogens is 1. The van der Waals surface area contributed by atoms with E-state index in [-0.39, 0.29) is 17.8 Å². The molecule has 0 bridgehead atoms. The van der Waals surface area contributed by atoms with Crippen molar-refractivity contribution < 1.29 is 19.1 Å². The van der Waals surface area contributed by atoms with Crippen molar-refractivity contribution >= 4 is 11.9 Å². The van der Waals surface area contributed by atoms with Crippen LogP contribution >= 0.6 is 0 Å². The summed E-state index contributed by atoms with van der Waals surface area (Å²) in [5.41, 5.74) is 0.495. The van der Waals surface area contributed by atoms with Crippen molar-refractivity contribution in [1.82, 2.24) is 4.98 Å². The van der Waals surface area contributed by atoms with E-state index in [9.17, 15) is 9.59 Å². The molecule has 0 saturated carbocycles. The molecule has 0 saturated heterocycles. The number of hydrogen-bond donors (Lipinski definition) is 0. The predicted molar refractivity (Wildman–Crippen MR) is 78.3 cm³/mol. The van der Waals surface area contributed by atoms with Crippen LogP contribution in [0, 0.1) is 11.3 Å². The van der Waals surface area contributed by atoms with Crippen LogP contribution in [-0.4, -0.2) is 24.0 Å². The minimum Gasteiger partial charge on any atom is -0.466 e. The number of rotatable bonds is 5. The molecule has 1 heterocycles. The van der Waals surface area contributed by atoms with Crippen molar-refractivity contribution in [3.8, 4) is 0 Å². The van der Waals surface area contributed by atoms with Crippen LogP contribution in [0.4, 0.5) is 0 Å². The topological polar surface area (TPSA) is 65.5 Å². The highest BCUT2D eigenvalue weighted by Crippen LogP contribution is 2.29. The van der Waals surface area contributed by atoms with Gasteiger partial charge in [0.25, 0.3) is 0 Å². The van der Waals surface area contributed by atoms with Crippen LogP contribution in [-0.2, 0) is 19.1 Å². The summed E-state index contributed by atoms with van der Waals surface area (Å²) in [6.45, 7) is 8.16. The third-order valence-electron chi connectivity index (χ3n) is 3.60. The minimum atomic E-state index is -1.07. The molecule has 1 rings (SSSR count). The Labute approximate surface area is 125 Å². The fourth-order valence-electron chi connectivity index (χ4n) is 1.63. The van der Waals surface area contributed by atoms with Gasteiger partial charge in [-0.05, 0) is 17.4 Å². The van der Waals surface area contributed by atoms with Gasteiger partial charge >= 0.3 is 11.9 Å². The quantitative estimate of drug-likeness (QED) is 0.781. The number of hydrogen-bond acceptors (Lipinski definition) is 5. The van der Waals surface area contributed by atoms with Crippen molar-refractivity contribution in [3.63, 3.8) is 0 Å². The summed E-state index contributed by atoms with van der Waals surface area (Å²) >= 11 is 0. The predicted octanol–water partition coefficient (Wildman–Crippen LogP) is 2.91. The molecule has 0 N–H and O–H groups in total. The van der Waals surface area contributed by atoms with Crippen LogP contribution in [0.2, 0.25) is 0 Å². The van der Waals surface area contributed by atoms with Crippen LogP contribution in [0.15, 0.2) is 24.5 Å². The smallest absolute Gasteiger partial charge is 0.352 e. The Kier molecular flexibility index (Phi) is 5.88. The number of ether oxygens (including phenoxy) is 2. The maximum atomic E-state index is 12.1. The van der Waals surface area contributed by atoms with Gasteiger partial charge in [-0.15, -0.1) is 0 Å². The van der Waals surface area contributed by atoms with Crippen LogP contribution in [0.3, 0.4) is 0 Å². The fourth-order valence-corrected chi connectivity index (χ4v) is 1.63. The Balaban J connectivity index is 2.79. The number of pyridine rings is 1. The largest absolute Gasteiger partial charge is 0.466 e. The van der Waals surface area contributed by atoms with E-state index >= 15 is 0 Å². The van der Waals surface area contributed by atoms with Crippen LogP contribution in [0.1, 0.15) is 45.8 Å². The lowest BCUT2D eigenvalue weighted by molar-refractivity contribution is -0.167. The summed E-state index contributed by atoms with van der Waals surface area (Å²) in [6.07, 6.45) is 2.25. The van der Waals surface area contributed by atoms with Crippen LogP contribution in [0.5, 0.6) is 0 Å². The highest BCUT2D eigenvalue weighted by Gasteiger charge is 2.29. The molecule has 0 aliphatic carbocycles. The highest BCUT2D eigenvalue weighted by atomic mass is 16.6. The van der Waals surface area contributed by atoms with Gasteiger partial charge in [0, 0.05) is 24.4 Å². The second-order valence-electron chi connectivity index (χ2n) is 6.15. The molecule has 0 aliphatic heterocycles. The zero-order chi connectivity index (χ0) is 16.0. The lowest BCUT2D eigenvalue weighted by atomic mass is 9.80. The third-order valence-corrected chi connectivity index (χ3v) is 3.60. The zero-order valence-corrected chi connectivity index (χ0v) is 13.3. The Bertz CT molecular complexity index is 479. The van der Waals surface area contributed by atoms with E-state index in [1.54, 1.807) is 18.3 Å². The van der Waals surface area contributed by atoms with E-state index in [2.05, 4.69) is 25.8 Å². The molecular weight excluding hydrogens is 270 g/mol. The Morgan fingerprint density at radius 1 is 1.33 bits per heavy atom. The average molecular weight is 293 g/mol. The molecule has 0 fully saturated rings. The number of methoxy groups -OCH3 is 1. The molecular formula is C16H23NO4. The molecule has 0 amide bonds. The van der Waals surface area contributed by atoms with Gasteiger partial charge in [0.05, 0.1) is 7.11 Å². The Morgan fingerprint density at radius 2 is 2.00 bits per heavy atom. The second-order valence-corrected chi connectivity index (χ2v) is 6.15. The van der Waals surface area contributed by atoms with Gasteiger partial charge in [0.15, 0.2) is 0 Å². The maximum Gasteiger partial charge on any atom is 0.352 e. The van der Waals surface area contributed by atoms with Crippen LogP contribution < -0.4 is 0 Å². The molecule has 2 unspecified atom stereocenters. The molecule has 2 atom stereocenters. The van der Waals surface area contributed by atoms with Gasteiger partial charge in [0.2, 0.25) is 6.10 Å². The van der Waals surface area contributed by atoms with E-state index in [0.29, 0.717) is 5.56 Å². The Hall–Kier alpha value is -1.91. The van der Waals surface area contributed by atoms with Crippen molar-refractivity contribution in [2.24, 2.45) is 11.3 Å². The summed E-state index contributed by atoms with van der Waals surface area (Å²) < 4.78 is 10.00. The maximum absolute atomic E-state index is 12.1. The van der Waals surface area contributed by atoms with E-state index in [0.717, 1.165) is 0 Å². The third kappa shape index (κ3) is 5.17. The first-order chi connectivity index (χ1) is 9.75. The monoisotopic (exact) mass is 293 g/mol. The fraction of sp³-hybridized carbons (Fsp3) is 0.562. The molecule has 5 heteroatoms. The lowest BCUT2D eigenvalue weighted by Gasteiger charge is -2.27. The first kappa shape index (κ1) is 17.1. The molecule has 0 radical (unpaired) electrons. The summed E-state index contributed by atoms with van der Waals surface area (Å²) in [7, 11) is 1.26. The molecule has 1 aromatic rings. The SMILES string of the molecule is COC(=O)C(OC(=O)CC(C)C(C)(C)C)c1cccnc1. The summed E-state index contributed by atoms with van der Waals surface area (Å²) in [5, 5.41) is 0. The molecule has 116 valence electrons. The summed E-state index contributed by atoms with van der Waals surface area (Å²) in [6, 6.07) is 3.35. The van der Waals surface area contributed by atoms with Gasteiger partial charge in [-0.2, -0.15) is 0 Å². The molecule has 5 nitrogen and oxygen atoms in total. The molecule has 0 spiro atoms. The van der Waals surface area contributed by atoms with Gasteiger partial charge in [-0.25, -0.2) is 4.79 Å². The second kappa shape index (κ2) is 7.20. The number of carbonyl (C=O) groups excluding carboxylic acids is 2. The van der Waals surface area contributed by atoms with Crippen LogP contribution in [0.25, 0.3) is 0 Å². The van der Waals surface area contributed by atoms with E-state index in [4.69, 9.17) is 9.47 Å². The first-order valence-corrected chi connectivity index (χ1v) is 6.93. The van der Waals surface area contributed by atoms with Gasteiger partial charge in [-0.3, -0.25) is 9.78 Å². The number of esters is 2. The molecule has 0 aromatic carbocycles. The standard InChI is InChI=1S/C16H23NO4/c1-11(16(2,3)4)9-13(18)21-14(15(19)20-5)12-7-6-8-17-10-12/h6-8,10-11,14H,9H2,1-5H3. The Morgan fingerprint density at radius 3 is 2.48 bits per heavy atom. The molecule has 21 heavy (non-hydrogen) atoms. The van der Waals surface area contributed by atoms with Gasteiger partial charge < -0.3 is 9.47 Å². The van der Waals surface area contributed by atoms with E-state index in [1.165, 1.54) is 13.3 Å². The molecule has 1 aromatic heterocycles. The lowest BCUT2D eigenvalue weighted by Crippen LogP contribution is -2.25. The normalized spacial score (nSPS) is 14.1. The van der Waals surface area contributed by atoms with Crippen molar-refractivity contribution in [2.45, 2.75) is 40.2 Å². The van der Waals surface area contributed by atoms with Crippen molar-refractivity contribution in [1.29, 1.82) is 0 Å². The van der Waals surface area contributed by atoms with Crippen molar-refractivity contribution in [3.05, 3.63) is 30.1 Å². The van der Waals surface area contributed by atoms with Gasteiger partial charge in [0.1, 0.15) is 0 Å². The summed E-state index contributed by atoms with van der Waals surface area (Å²) in [4.78, 5) is 27.8. The van der Waals surface area contributed by atoms with Gasteiger partial charge in [-0.1, -0.05) is 33.8 Å². The highest BCUT2D eigenvalue weighted by molar-refractivity contribution is 5.80.